The Balaban J connectivity index is 2.39. The predicted octanol–water partition coefficient (Wildman–Crippen LogP) is 1.75. The second kappa shape index (κ2) is 8.31. The van der Waals surface area contributed by atoms with Crippen molar-refractivity contribution >= 4 is 17.9 Å². The summed E-state index contributed by atoms with van der Waals surface area (Å²) in [4.78, 5) is 34.7. The number of aliphatic hydroxyl groups excluding tert-OH is 1. The van der Waals surface area contributed by atoms with Crippen molar-refractivity contribution in [1.82, 2.24) is 0 Å². The van der Waals surface area contributed by atoms with Crippen LogP contribution in [0.1, 0.15) is 40.0 Å². The molecule has 0 bridgehead atoms. The first-order valence-corrected chi connectivity index (χ1v) is 8.46. The van der Waals surface area contributed by atoms with Crippen molar-refractivity contribution < 1.29 is 33.7 Å². The molecule has 26 heavy (non-hydrogen) atoms. The standard InChI is InChI=1S/C19H24O7/c1-10-5-6-14-15(9-24-12(3)20)19(23)26-18(14)7-11(2)17(8-16(10)22)25-13(4)21/h7,16-18,22H,1,5-6,8-9H2,2-4H3. The van der Waals surface area contributed by atoms with Gasteiger partial charge in [0.15, 0.2) is 0 Å². The van der Waals surface area contributed by atoms with Crippen LogP contribution in [0.2, 0.25) is 0 Å². The highest BCUT2D eigenvalue weighted by molar-refractivity contribution is 5.93. The smallest absolute Gasteiger partial charge is 0.338 e. The first-order chi connectivity index (χ1) is 12.2. The third-order valence-corrected chi connectivity index (χ3v) is 4.49. The fourth-order valence-corrected chi connectivity index (χ4v) is 3.02. The van der Waals surface area contributed by atoms with E-state index in [1.807, 2.05) is 0 Å². The summed E-state index contributed by atoms with van der Waals surface area (Å²) in [6, 6.07) is 0. The zero-order valence-electron chi connectivity index (χ0n) is 15.2. The summed E-state index contributed by atoms with van der Waals surface area (Å²) in [6.07, 6.45) is 0.694. The Morgan fingerprint density at radius 2 is 2.00 bits per heavy atom. The summed E-state index contributed by atoms with van der Waals surface area (Å²) >= 11 is 0. The molecule has 1 N–H and O–H groups in total. The molecule has 3 unspecified atom stereocenters. The van der Waals surface area contributed by atoms with Gasteiger partial charge in [0.2, 0.25) is 0 Å². The van der Waals surface area contributed by atoms with Crippen LogP contribution in [0.25, 0.3) is 0 Å². The Morgan fingerprint density at radius 3 is 2.62 bits per heavy atom. The van der Waals surface area contributed by atoms with E-state index in [2.05, 4.69) is 6.58 Å². The Hall–Kier alpha value is -2.41. The monoisotopic (exact) mass is 364 g/mol. The molecule has 7 nitrogen and oxygen atoms in total. The van der Waals surface area contributed by atoms with Gasteiger partial charge in [0.05, 0.1) is 11.7 Å². The SMILES string of the molecule is C=C1CCC2=C(COC(C)=O)C(=O)OC2C=C(C)C(OC(C)=O)CC1O. The van der Waals surface area contributed by atoms with Gasteiger partial charge >= 0.3 is 17.9 Å². The van der Waals surface area contributed by atoms with Crippen molar-refractivity contribution in [1.29, 1.82) is 0 Å². The lowest BCUT2D eigenvalue weighted by atomic mass is 9.90. The number of hydrogen-bond acceptors (Lipinski definition) is 7. The van der Waals surface area contributed by atoms with Crippen LogP contribution >= 0.6 is 0 Å². The summed E-state index contributed by atoms with van der Waals surface area (Å²) in [6.45, 7) is 8.05. The Kier molecular flexibility index (Phi) is 6.37. The van der Waals surface area contributed by atoms with Gasteiger partial charge in [0, 0.05) is 20.3 Å². The summed E-state index contributed by atoms with van der Waals surface area (Å²) in [5, 5.41) is 10.3. The van der Waals surface area contributed by atoms with Crippen molar-refractivity contribution in [2.24, 2.45) is 0 Å². The van der Waals surface area contributed by atoms with Crippen molar-refractivity contribution in [3.8, 4) is 0 Å². The zero-order valence-corrected chi connectivity index (χ0v) is 15.2. The van der Waals surface area contributed by atoms with Crippen LogP contribution < -0.4 is 0 Å². The average molecular weight is 364 g/mol. The molecule has 0 aromatic heterocycles. The molecule has 0 saturated carbocycles. The largest absolute Gasteiger partial charge is 0.461 e. The fraction of sp³-hybridized carbons (Fsp3) is 0.526. The molecule has 0 aromatic carbocycles. The number of esters is 3. The number of carbonyl (C=O) groups excluding carboxylic acids is 3. The third-order valence-electron chi connectivity index (χ3n) is 4.49. The van der Waals surface area contributed by atoms with E-state index in [-0.39, 0.29) is 13.0 Å². The number of ether oxygens (including phenoxy) is 3. The molecule has 7 heteroatoms. The Bertz CT molecular complexity index is 686. The van der Waals surface area contributed by atoms with Gasteiger partial charge in [-0.3, -0.25) is 9.59 Å². The van der Waals surface area contributed by atoms with E-state index in [4.69, 9.17) is 14.2 Å². The van der Waals surface area contributed by atoms with Gasteiger partial charge in [-0.2, -0.15) is 0 Å². The van der Waals surface area contributed by atoms with Gasteiger partial charge in [0.1, 0.15) is 18.8 Å². The highest BCUT2D eigenvalue weighted by Gasteiger charge is 2.35. The Labute approximate surface area is 152 Å². The van der Waals surface area contributed by atoms with E-state index in [1.165, 1.54) is 13.8 Å². The number of hydrogen-bond donors (Lipinski definition) is 1. The summed E-state index contributed by atoms with van der Waals surface area (Å²) in [7, 11) is 0. The van der Waals surface area contributed by atoms with Crippen LogP contribution in [-0.4, -0.2) is 47.9 Å². The van der Waals surface area contributed by atoms with Crippen molar-refractivity contribution in [2.75, 3.05) is 6.61 Å². The summed E-state index contributed by atoms with van der Waals surface area (Å²) < 4.78 is 15.7. The van der Waals surface area contributed by atoms with E-state index < -0.39 is 36.2 Å². The molecule has 0 fully saturated rings. The second-order valence-electron chi connectivity index (χ2n) is 6.53. The van der Waals surface area contributed by atoms with Crippen LogP contribution in [-0.2, 0) is 28.6 Å². The fourth-order valence-electron chi connectivity index (χ4n) is 3.02. The molecule has 1 aliphatic heterocycles. The van der Waals surface area contributed by atoms with Gasteiger partial charge in [-0.25, -0.2) is 4.79 Å². The van der Waals surface area contributed by atoms with E-state index in [0.717, 1.165) is 0 Å². The van der Waals surface area contributed by atoms with Crippen LogP contribution in [0.15, 0.2) is 34.9 Å². The van der Waals surface area contributed by atoms with Gasteiger partial charge in [-0.1, -0.05) is 6.58 Å². The molecule has 3 atom stereocenters. The maximum absolute atomic E-state index is 12.2. The van der Waals surface area contributed by atoms with Crippen molar-refractivity contribution in [3.05, 3.63) is 34.9 Å². The second-order valence-corrected chi connectivity index (χ2v) is 6.53. The minimum atomic E-state index is -0.838. The first-order valence-electron chi connectivity index (χ1n) is 8.46. The minimum Gasteiger partial charge on any atom is -0.461 e. The van der Waals surface area contributed by atoms with Gasteiger partial charge in [-0.05, 0) is 42.6 Å². The van der Waals surface area contributed by atoms with E-state index >= 15 is 0 Å². The molecule has 0 amide bonds. The average Bonchev–Trinajstić information content (AvgIpc) is 2.83. The number of aliphatic hydroxyl groups is 1. The normalized spacial score (nSPS) is 26.6. The lowest BCUT2D eigenvalue weighted by Crippen LogP contribution is -2.27. The molecule has 1 aliphatic carbocycles. The quantitative estimate of drug-likeness (QED) is 0.463. The van der Waals surface area contributed by atoms with Crippen molar-refractivity contribution in [2.45, 2.75) is 58.3 Å². The lowest BCUT2D eigenvalue weighted by molar-refractivity contribution is -0.146. The summed E-state index contributed by atoms with van der Waals surface area (Å²) in [5.74, 6) is -1.49. The van der Waals surface area contributed by atoms with Crippen LogP contribution in [0, 0.1) is 0 Å². The van der Waals surface area contributed by atoms with Gasteiger partial charge in [-0.15, -0.1) is 0 Å². The summed E-state index contributed by atoms with van der Waals surface area (Å²) in [5.41, 5.74) is 2.24. The molecule has 2 aliphatic rings. The number of fused-ring (bicyclic) bond motifs is 1. The molecular formula is C19H24O7. The molecule has 1 heterocycles. The molecule has 0 spiro atoms. The van der Waals surface area contributed by atoms with E-state index in [9.17, 15) is 19.5 Å². The van der Waals surface area contributed by atoms with Crippen LogP contribution in [0.5, 0.6) is 0 Å². The first kappa shape index (κ1) is 19.9. The van der Waals surface area contributed by atoms with Gasteiger partial charge in [0.25, 0.3) is 0 Å². The molecule has 2 rings (SSSR count). The van der Waals surface area contributed by atoms with Crippen molar-refractivity contribution in [3.63, 3.8) is 0 Å². The Morgan fingerprint density at radius 1 is 1.31 bits per heavy atom. The maximum atomic E-state index is 12.2. The minimum absolute atomic E-state index is 0.157. The third kappa shape index (κ3) is 4.82. The lowest BCUT2D eigenvalue weighted by Gasteiger charge is -2.25. The topological polar surface area (TPSA) is 99.1 Å². The van der Waals surface area contributed by atoms with E-state index in [1.54, 1.807) is 13.0 Å². The number of carbonyl (C=O) groups is 3. The molecule has 142 valence electrons. The molecule has 0 aromatic rings. The van der Waals surface area contributed by atoms with Crippen LogP contribution in [0.3, 0.4) is 0 Å². The highest BCUT2D eigenvalue weighted by Crippen LogP contribution is 2.33. The number of rotatable bonds is 3. The maximum Gasteiger partial charge on any atom is 0.338 e. The zero-order chi connectivity index (χ0) is 19.4. The van der Waals surface area contributed by atoms with Gasteiger partial charge < -0.3 is 19.3 Å². The molecular weight excluding hydrogens is 340 g/mol. The van der Waals surface area contributed by atoms with Crippen LogP contribution in [0.4, 0.5) is 0 Å². The highest BCUT2D eigenvalue weighted by atomic mass is 16.6. The molecule has 0 saturated heterocycles. The molecule has 0 radical (unpaired) electrons. The van der Waals surface area contributed by atoms with E-state index in [0.29, 0.717) is 35.1 Å². The predicted molar refractivity (Wildman–Crippen MR) is 91.8 cm³/mol.